The lowest BCUT2D eigenvalue weighted by Gasteiger charge is -2.57. The normalized spacial score (nSPS) is 26.7. The van der Waals surface area contributed by atoms with Crippen LogP contribution in [0.5, 0.6) is 0 Å². The molecule has 2 aromatic carbocycles. The Morgan fingerprint density at radius 3 is 1.43 bits per heavy atom. The highest BCUT2D eigenvalue weighted by Gasteiger charge is 2.54. The maximum Gasteiger partial charge on any atom is 0.239 e. The molecule has 4 atom stereocenters. The van der Waals surface area contributed by atoms with E-state index in [-0.39, 0.29) is 25.2 Å². The molecule has 4 fully saturated rings. The van der Waals surface area contributed by atoms with Gasteiger partial charge in [-0.25, -0.2) is 0 Å². The first kappa shape index (κ1) is 34.8. The summed E-state index contributed by atoms with van der Waals surface area (Å²) in [6, 6.07) is 17.0. The first-order valence-corrected chi connectivity index (χ1v) is 18.9. The smallest absolute Gasteiger partial charge is 0.239 e. The van der Waals surface area contributed by atoms with E-state index in [0.29, 0.717) is 17.8 Å². The first-order chi connectivity index (χ1) is 22.3. The van der Waals surface area contributed by atoms with Gasteiger partial charge in [0.2, 0.25) is 31.0 Å². The second-order valence-electron chi connectivity index (χ2n) is 14.4. The summed E-state index contributed by atoms with van der Waals surface area (Å²) in [5.41, 5.74) is 12.1. The fourth-order valence-corrected chi connectivity index (χ4v) is 11.6. The van der Waals surface area contributed by atoms with Gasteiger partial charge in [0.05, 0.1) is 17.4 Å². The molecule has 0 saturated heterocycles. The molecule has 10 nitrogen and oxygen atoms in total. The number of carbonyl (C=O) groups excluding carboxylic acids is 4. The van der Waals surface area contributed by atoms with Crippen molar-refractivity contribution in [1.82, 2.24) is 10.6 Å². The Kier molecular flexibility index (Phi) is 10.9. The van der Waals surface area contributed by atoms with Crippen LogP contribution in [0, 0.1) is 29.6 Å². The Morgan fingerprint density at radius 2 is 1.09 bits per heavy atom. The SMILES string of the molecule is C[C@H](NC(=O)C(Cc1ccccc1)CP(=O)(CC(Cc1ccccc1)C(=O)N[C@@H](C)C(N)=O)OC12CC3CC(CC(C3)C1)C2)C(N)=O. The summed E-state index contributed by atoms with van der Waals surface area (Å²) in [5.74, 6) is -2.30. The Hall–Kier alpha value is -3.49. The van der Waals surface area contributed by atoms with E-state index >= 15 is 4.57 Å². The lowest BCUT2D eigenvalue weighted by Crippen LogP contribution is -2.52. The van der Waals surface area contributed by atoms with Crippen LogP contribution in [-0.2, 0) is 41.1 Å². The van der Waals surface area contributed by atoms with Crippen LogP contribution in [-0.4, -0.2) is 53.6 Å². The number of hydrogen-bond acceptors (Lipinski definition) is 6. The number of rotatable bonds is 16. The third-order valence-electron chi connectivity index (χ3n) is 10.3. The van der Waals surface area contributed by atoms with Crippen LogP contribution in [0.15, 0.2) is 60.7 Å². The maximum absolute atomic E-state index is 15.6. The summed E-state index contributed by atoms with van der Waals surface area (Å²) < 4.78 is 22.6. The van der Waals surface area contributed by atoms with Crippen LogP contribution in [0.25, 0.3) is 0 Å². The maximum atomic E-state index is 15.6. The van der Waals surface area contributed by atoms with Gasteiger partial charge in [-0.15, -0.1) is 0 Å². The van der Waals surface area contributed by atoms with Gasteiger partial charge < -0.3 is 26.6 Å². The second kappa shape index (κ2) is 14.7. The van der Waals surface area contributed by atoms with Gasteiger partial charge in [0, 0.05) is 12.3 Å². The fourth-order valence-electron chi connectivity index (χ4n) is 8.40. The second-order valence-corrected chi connectivity index (χ2v) is 17.0. The van der Waals surface area contributed by atoms with E-state index in [1.165, 1.54) is 33.1 Å². The summed E-state index contributed by atoms with van der Waals surface area (Å²) in [7, 11) is -3.75. The highest BCUT2D eigenvalue weighted by atomic mass is 31.2. The standard InChI is InChI=1S/C36H49N4O6P/c1-23(32(37)41)39-34(43)30(16-25-9-5-3-6-10-25)21-47(45,46-36-18-27-13-28(19-36)15-29(14-27)20-36)22-31(17-26-11-7-4-8-12-26)35(44)40-24(2)33(38)42/h3-12,23-24,27-31H,13-22H2,1-2H3,(H2,37,41)(H2,38,42)(H,39,43)(H,40,44)/t23-,24-,27?,28?,29?,30?,31?,36?,47?/m0/s1. The van der Waals surface area contributed by atoms with E-state index in [1.807, 2.05) is 60.7 Å². The van der Waals surface area contributed by atoms with E-state index in [0.717, 1.165) is 30.4 Å². The van der Waals surface area contributed by atoms with Crippen LogP contribution < -0.4 is 22.1 Å². The molecule has 4 aliphatic rings. The molecule has 0 aromatic heterocycles. The van der Waals surface area contributed by atoms with Gasteiger partial charge in [0.15, 0.2) is 0 Å². The number of nitrogens with one attached hydrogen (secondary N) is 2. The first-order valence-electron chi connectivity index (χ1n) is 16.9. The highest BCUT2D eigenvalue weighted by Crippen LogP contribution is 2.64. The topological polar surface area (TPSA) is 171 Å². The van der Waals surface area contributed by atoms with E-state index in [2.05, 4.69) is 10.6 Å². The van der Waals surface area contributed by atoms with Gasteiger partial charge >= 0.3 is 0 Å². The number of nitrogens with two attached hydrogens (primary N) is 2. The van der Waals surface area contributed by atoms with Crippen molar-refractivity contribution in [2.24, 2.45) is 41.1 Å². The molecule has 4 bridgehead atoms. The molecule has 4 saturated carbocycles. The average molecular weight is 665 g/mol. The molecular weight excluding hydrogens is 615 g/mol. The third-order valence-corrected chi connectivity index (χ3v) is 13.0. The Bertz CT molecular complexity index is 1360. The third kappa shape index (κ3) is 9.11. The molecule has 0 heterocycles. The van der Waals surface area contributed by atoms with E-state index in [9.17, 15) is 19.2 Å². The number of hydrogen-bond donors (Lipinski definition) is 4. The van der Waals surface area contributed by atoms with Gasteiger partial charge in [0.1, 0.15) is 12.1 Å². The lowest BCUT2D eigenvalue weighted by atomic mass is 9.54. The fraction of sp³-hybridized carbons (Fsp3) is 0.556. The zero-order chi connectivity index (χ0) is 33.8. The van der Waals surface area contributed by atoms with Crippen molar-refractivity contribution in [3.8, 4) is 0 Å². The molecule has 6 N–H and O–H groups in total. The number of amides is 4. The van der Waals surface area contributed by atoms with E-state index in [4.69, 9.17) is 16.0 Å². The van der Waals surface area contributed by atoms with E-state index < -0.39 is 60.5 Å². The van der Waals surface area contributed by atoms with Crippen LogP contribution in [0.4, 0.5) is 0 Å². The largest absolute Gasteiger partial charge is 0.368 e. The Labute approximate surface area is 277 Å². The van der Waals surface area contributed by atoms with Gasteiger partial charge in [-0.2, -0.15) is 0 Å². The Balaban J connectivity index is 1.50. The van der Waals surface area contributed by atoms with Crippen molar-refractivity contribution in [3.05, 3.63) is 71.8 Å². The van der Waals surface area contributed by atoms with Crippen LogP contribution in [0.1, 0.15) is 63.5 Å². The predicted molar refractivity (Wildman–Crippen MR) is 180 cm³/mol. The van der Waals surface area contributed by atoms with Crippen molar-refractivity contribution in [2.75, 3.05) is 12.3 Å². The number of primary amides is 2. The molecular formula is C36H49N4O6P. The van der Waals surface area contributed by atoms with E-state index in [1.54, 1.807) is 0 Å². The van der Waals surface area contributed by atoms with Crippen molar-refractivity contribution >= 4 is 31.0 Å². The summed E-state index contributed by atoms with van der Waals surface area (Å²) in [6.45, 7) is 3.04. The van der Waals surface area contributed by atoms with Gasteiger partial charge in [-0.1, -0.05) is 60.7 Å². The molecule has 47 heavy (non-hydrogen) atoms. The molecule has 254 valence electrons. The summed E-state index contributed by atoms with van der Waals surface area (Å²) >= 11 is 0. The molecule has 11 heteroatoms. The molecule has 2 unspecified atom stereocenters. The van der Waals surface area contributed by atoms with Gasteiger partial charge in [-0.05, 0) is 94.1 Å². The molecule has 4 aliphatic carbocycles. The summed E-state index contributed by atoms with van der Waals surface area (Å²) in [6.07, 6.45) is 6.29. The quantitative estimate of drug-likeness (QED) is 0.198. The van der Waals surface area contributed by atoms with Crippen LogP contribution in [0.2, 0.25) is 0 Å². The van der Waals surface area contributed by atoms with Crippen LogP contribution >= 0.6 is 7.37 Å². The van der Waals surface area contributed by atoms with Gasteiger partial charge in [0.25, 0.3) is 0 Å². The number of carbonyl (C=O) groups is 4. The van der Waals surface area contributed by atoms with Crippen molar-refractivity contribution < 1.29 is 28.3 Å². The monoisotopic (exact) mass is 664 g/mol. The highest BCUT2D eigenvalue weighted by molar-refractivity contribution is 7.59. The van der Waals surface area contributed by atoms with Crippen molar-refractivity contribution in [3.63, 3.8) is 0 Å². The zero-order valence-corrected chi connectivity index (χ0v) is 28.3. The van der Waals surface area contributed by atoms with Crippen LogP contribution in [0.3, 0.4) is 0 Å². The minimum absolute atomic E-state index is 0.106. The number of benzene rings is 2. The molecule has 0 aliphatic heterocycles. The van der Waals surface area contributed by atoms with Gasteiger partial charge in [-0.3, -0.25) is 23.7 Å². The molecule has 4 amide bonds. The molecule has 0 radical (unpaired) electrons. The molecule has 2 aromatic rings. The zero-order valence-electron chi connectivity index (χ0n) is 27.4. The minimum Gasteiger partial charge on any atom is -0.368 e. The molecule has 6 rings (SSSR count). The summed E-state index contributed by atoms with van der Waals surface area (Å²) in [5, 5.41) is 5.43. The minimum atomic E-state index is -3.75. The lowest BCUT2D eigenvalue weighted by molar-refractivity contribution is -0.129. The van der Waals surface area contributed by atoms with Crippen molar-refractivity contribution in [1.29, 1.82) is 0 Å². The summed E-state index contributed by atoms with van der Waals surface area (Å²) in [4.78, 5) is 51.4. The Morgan fingerprint density at radius 1 is 0.723 bits per heavy atom. The molecule has 0 spiro atoms. The predicted octanol–water partition coefficient (Wildman–Crippen LogP) is 3.95. The average Bonchev–Trinajstić information content (AvgIpc) is 3.00. The van der Waals surface area contributed by atoms with Crippen molar-refractivity contribution in [2.45, 2.75) is 82.9 Å².